The van der Waals surface area contributed by atoms with Gasteiger partial charge in [0.2, 0.25) is 15.9 Å². The Kier molecular flexibility index (Phi) is 11.0. The Balaban J connectivity index is 1.52. The minimum absolute atomic E-state index is 0.135. The molecule has 1 fully saturated rings. The number of rotatable bonds is 11. The number of carbonyl (C=O) groups excluding carboxylic acids is 1. The van der Waals surface area contributed by atoms with E-state index < -0.39 is 21.3 Å². The van der Waals surface area contributed by atoms with Crippen LogP contribution in [0.4, 0.5) is 4.39 Å². The van der Waals surface area contributed by atoms with Crippen LogP contribution in [-0.4, -0.2) is 45.9 Å². The lowest BCUT2D eigenvalue weighted by molar-refractivity contribution is -0.123. The van der Waals surface area contributed by atoms with E-state index >= 15 is 0 Å². The molecule has 0 spiro atoms. The second kappa shape index (κ2) is 14.2. The third-order valence-electron chi connectivity index (χ3n) is 6.55. The Morgan fingerprint density at radius 3 is 2.45 bits per heavy atom. The normalized spacial score (nSPS) is 14.9. The van der Waals surface area contributed by atoms with E-state index in [1.165, 1.54) is 12.1 Å². The van der Waals surface area contributed by atoms with E-state index in [0.29, 0.717) is 42.9 Å². The number of methoxy groups -OCH3 is 1. The van der Waals surface area contributed by atoms with E-state index in [9.17, 15) is 17.6 Å². The monoisotopic (exact) mass is 544 g/mol. The smallest absolute Gasteiger partial charge is 0.238 e. The standard InChI is InChI=1S/C29H37FN2O5S/c1-21(2)28(32-38(34,35)25-9-5-4-6-10-25)29(33)31-18-17-23-13-16-26(27(20-23)36-3)37-19-7-8-22-11-14-24(30)15-12-22/h11-16,20-21,25,28,32H,4-6,9-10,17-19H2,1-3H3,(H,31,33)/t28-/m0/s1. The van der Waals surface area contributed by atoms with Crippen molar-refractivity contribution in [3.05, 3.63) is 59.4 Å². The van der Waals surface area contributed by atoms with Gasteiger partial charge in [-0.15, -0.1) is 0 Å². The molecule has 38 heavy (non-hydrogen) atoms. The number of hydrogen-bond acceptors (Lipinski definition) is 5. The quantitative estimate of drug-likeness (QED) is 0.414. The second-order valence-corrected chi connectivity index (χ2v) is 11.8. The number of amides is 1. The van der Waals surface area contributed by atoms with Gasteiger partial charge in [0.25, 0.3) is 0 Å². The number of halogens is 1. The number of carbonyl (C=O) groups is 1. The molecule has 0 aromatic heterocycles. The van der Waals surface area contributed by atoms with E-state index in [1.807, 2.05) is 26.0 Å². The first-order valence-electron chi connectivity index (χ1n) is 13.0. The van der Waals surface area contributed by atoms with Crippen molar-refractivity contribution >= 4 is 15.9 Å². The summed E-state index contributed by atoms with van der Waals surface area (Å²) < 4.78 is 52.5. The fourth-order valence-electron chi connectivity index (χ4n) is 4.35. The van der Waals surface area contributed by atoms with Gasteiger partial charge in [-0.2, -0.15) is 0 Å². The van der Waals surface area contributed by atoms with Crippen molar-refractivity contribution in [2.75, 3.05) is 20.3 Å². The van der Waals surface area contributed by atoms with E-state index in [-0.39, 0.29) is 24.2 Å². The summed E-state index contributed by atoms with van der Waals surface area (Å²) in [6, 6.07) is 10.6. The van der Waals surface area contributed by atoms with Crippen LogP contribution in [-0.2, 0) is 21.2 Å². The molecular weight excluding hydrogens is 507 g/mol. The van der Waals surface area contributed by atoms with Gasteiger partial charge < -0.3 is 14.8 Å². The van der Waals surface area contributed by atoms with E-state index in [0.717, 1.165) is 24.8 Å². The predicted octanol–water partition coefficient (Wildman–Crippen LogP) is 4.20. The summed E-state index contributed by atoms with van der Waals surface area (Å²) in [6.45, 7) is 4.15. The van der Waals surface area contributed by atoms with Crippen molar-refractivity contribution in [1.29, 1.82) is 0 Å². The Morgan fingerprint density at radius 1 is 1.08 bits per heavy atom. The van der Waals surface area contributed by atoms with Gasteiger partial charge in [0, 0.05) is 12.1 Å². The van der Waals surface area contributed by atoms with Gasteiger partial charge in [0.1, 0.15) is 18.5 Å². The first-order valence-corrected chi connectivity index (χ1v) is 14.6. The molecule has 0 aliphatic heterocycles. The molecule has 2 aromatic rings. The van der Waals surface area contributed by atoms with Crippen molar-refractivity contribution in [2.45, 2.75) is 63.7 Å². The minimum Gasteiger partial charge on any atom is -0.493 e. The van der Waals surface area contributed by atoms with Gasteiger partial charge in [0.15, 0.2) is 11.5 Å². The van der Waals surface area contributed by atoms with Gasteiger partial charge in [-0.25, -0.2) is 17.5 Å². The molecule has 1 aliphatic carbocycles. The fraction of sp³-hybridized carbons (Fsp3) is 0.483. The largest absolute Gasteiger partial charge is 0.493 e. The highest BCUT2D eigenvalue weighted by molar-refractivity contribution is 7.90. The van der Waals surface area contributed by atoms with E-state index in [2.05, 4.69) is 21.9 Å². The average Bonchev–Trinajstić information content (AvgIpc) is 2.91. The van der Waals surface area contributed by atoms with Crippen LogP contribution < -0.4 is 19.5 Å². The van der Waals surface area contributed by atoms with Crippen LogP contribution in [0, 0.1) is 23.6 Å². The topological polar surface area (TPSA) is 93.7 Å². The highest BCUT2D eigenvalue weighted by atomic mass is 32.2. The molecule has 1 amide bonds. The lowest BCUT2D eigenvalue weighted by Gasteiger charge is -2.27. The Bertz CT molecular complexity index is 1230. The van der Waals surface area contributed by atoms with Gasteiger partial charge in [0.05, 0.1) is 12.4 Å². The third-order valence-corrected chi connectivity index (χ3v) is 8.48. The molecular formula is C29H37FN2O5S. The summed E-state index contributed by atoms with van der Waals surface area (Å²) in [6.07, 6.45) is 4.69. The molecule has 9 heteroatoms. The number of sulfonamides is 1. The SMILES string of the molecule is COc1cc(CCNC(=O)[C@@H](NS(=O)(=O)C2CCCCC2)C(C)C)ccc1OCC#Cc1ccc(F)cc1. The molecule has 3 rings (SSSR count). The van der Waals surface area contributed by atoms with Crippen LogP contribution in [0.3, 0.4) is 0 Å². The zero-order valence-electron chi connectivity index (χ0n) is 22.3. The summed E-state index contributed by atoms with van der Waals surface area (Å²) in [7, 11) is -2.01. The average molecular weight is 545 g/mol. The van der Waals surface area contributed by atoms with Gasteiger partial charge in [-0.3, -0.25) is 4.79 Å². The highest BCUT2D eigenvalue weighted by Crippen LogP contribution is 2.28. The zero-order valence-corrected chi connectivity index (χ0v) is 23.1. The Morgan fingerprint density at radius 2 is 1.79 bits per heavy atom. The maximum atomic E-state index is 13.0. The maximum absolute atomic E-state index is 13.0. The molecule has 0 heterocycles. The first kappa shape index (κ1) is 29.5. The summed E-state index contributed by atoms with van der Waals surface area (Å²) in [4.78, 5) is 12.9. The molecule has 0 bridgehead atoms. The molecule has 0 unspecified atom stereocenters. The molecule has 2 aromatic carbocycles. The minimum atomic E-state index is -3.56. The Hall–Kier alpha value is -3.09. The van der Waals surface area contributed by atoms with Crippen LogP contribution >= 0.6 is 0 Å². The van der Waals surface area contributed by atoms with E-state index in [1.54, 1.807) is 25.3 Å². The van der Waals surface area contributed by atoms with Crippen LogP contribution in [0.2, 0.25) is 0 Å². The zero-order chi connectivity index (χ0) is 27.5. The summed E-state index contributed by atoms with van der Waals surface area (Å²) in [5.74, 6) is 6.06. The van der Waals surface area contributed by atoms with Gasteiger partial charge >= 0.3 is 0 Å². The molecule has 7 nitrogen and oxygen atoms in total. The van der Waals surface area contributed by atoms with Crippen molar-refractivity contribution in [3.8, 4) is 23.3 Å². The predicted molar refractivity (Wildman–Crippen MR) is 146 cm³/mol. The molecule has 206 valence electrons. The number of ether oxygens (including phenoxy) is 2. The molecule has 1 saturated carbocycles. The lowest BCUT2D eigenvalue weighted by Crippen LogP contribution is -2.52. The second-order valence-electron chi connectivity index (χ2n) is 9.77. The van der Waals surface area contributed by atoms with Crippen molar-refractivity contribution in [3.63, 3.8) is 0 Å². The molecule has 0 radical (unpaired) electrons. The summed E-state index contributed by atoms with van der Waals surface area (Å²) >= 11 is 0. The van der Waals surface area contributed by atoms with Gasteiger partial charge in [-0.05, 0) is 67.1 Å². The maximum Gasteiger partial charge on any atom is 0.238 e. The molecule has 1 aliphatic rings. The highest BCUT2D eigenvalue weighted by Gasteiger charge is 2.33. The molecule has 1 atom stereocenters. The van der Waals surface area contributed by atoms with Crippen molar-refractivity contribution in [1.82, 2.24) is 10.0 Å². The molecule has 0 saturated heterocycles. The van der Waals surface area contributed by atoms with E-state index in [4.69, 9.17) is 9.47 Å². The third kappa shape index (κ3) is 8.74. The number of nitrogens with one attached hydrogen (secondary N) is 2. The fourth-order valence-corrected chi connectivity index (χ4v) is 6.23. The van der Waals surface area contributed by atoms with Crippen molar-refractivity contribution in [2.24, 2.45) is 5.92 Å². The number of benzene rings is 2. The van der Waals surface area contributed by atoms with Crippen molar-refractivity contribution < 1.29 is 27.1 Å². The van der Waals surface area contributed by atoms with Crippen LogP contribution in [0.5, 0.6) is 11.5 Å². The lowest BCUT2D eigenvalue weighted by atomic mass is 10.0. The van der Waals surface area contributed by atoms with Crippen LogP contribution in [0.25, 0.3) is 0 Å². The summed E-state index contributed by atoms with van der Waals surface area (Å²) in [5.41, 5.74) is 1.62. The summed E-state index contributed by atoms with van der Waals surface area (Å²) in [5, 5.41) is 2.45. The van der Waals surface area contributed by atoms with Crippen LogP contribution in [0.15, 0.2) is 42.5 Å². The first-order chi connectivity index (χ1) is 18.2. The molecule has 2 N–H and O–H groups in total. The van der Waals surface area contributed by atoms with Crippen LogP contribution in [0.1, 0.15) is 57.1 Å². The van der Waals surface area contributed by atoms with Gasteiger partial charge in [-0.1, -0.05) is 51.0 Å². The Labute approximate surface area is 225 Å². The number of hydrogen-bond donors (Lipinski definition) is 2.